The van der Waals surface area contributed by atoms with E-state index in [1.54, 1.807) is 0 Å². The van der Waals surface area contributed by atoms with Crippen molar-refractivity contribution >= 4 is 11.9 Å². The average molecular weight is 367 g/mol. The number of rotatable bonds is 5. The zero-order valence-electron chi connectivity index (χ0n) is 16.0. The lowest BCUT2D eigenvalue weighted by molar-refractivity contribution is -0.159. The van der Waals surface area contributed by atoms with Crippen LogP contribution in [-0.4, -0.2) is 50.3 Å². The highest BCUT2D eigenvalue weighted by atomic mass is 16.7. The summed E-state index contributed by atoms with van der Waals surface area (Å²) in [6, 6.07) is 0.135. The van der Waals surface area contributed by atoms with Crippen molar-refractivity contribution in [2.45, 2.75) is 70.1 Å². The molecule has 0 bridgehead atoms. The minimum atomic E-state index is -0.488. The second-order valence-electron chi connectivity index (χ2n) is 8.16. The normalized spacial score (nSPS) is 35.8. The summed E-state index contributed by atoms with van der Waals surface area (Å²) in [5, 5.41) is 6.44. The summed E-state index contributed by atoms with van der Waals surface area (Å²) in [4.78, 5) is 30.3. The van der Waals surface area contributed by atoms with E-state index in [0.29, 0.717) is 17.9 Å². The fourth-order valence-corrected chi connectivity index (χ4v) is 4.74. The van der Waals surface area contributed by atoms with Gasteiger partial charge in [-0.25, -0.2) is 0 Å². The molecule has 2 saturated heterocycles. The predicted octanol–water partition coefficient (Wildman–Crippen LogP) is 1.13. The van der Waals surface area contributed by atoms with Gasteiger partial charge in [0, 0.05) is 12.1 Å². The summed E-state index contributed by atoms with van der Waals surface area (Å²) in [6.07, 6.45) is 6.11. The molecule has 7 heteroatoms. The average Bonchev–Trinajstić information content (AvgIpc) is 2.68. The first-order chi connectivity index (χ1) is 12.6. The monoisotopic (exact) mass is 367 g/mol. The van der Waals surface area contributed by atoms with Gasteiger partial charge >= 0.3 is 5.97 Å². The molecule has 1 amide bonds. The Morgan fingerprint density at radius 1 is 1.27 bits per heavy atom. The van der Waals surface area contributed by atoms with Gasteiger partial charge in [0.25, 0.3) is 5.91 Å². The van der Waals surface area contributed by atoms with Crippen LogP contribution < -0.4 is 16.1 Å². The summed E-state index contributed by atoms with van der Waals surface area (Å²) < 4.78 is 4.83. The topological polar surface area (TPSA) is 88.7 Å². The number of piperidine rings is 1. The molecule has 0 aromatic rings. The van der Waals surface area contributed by atoms with Crippen molar-refractivity contribution < 1.29 is 19.2 Å². The third-order valence-electron chi connectivity index (χ3n) is 6.36. The van der Waals surface area contributed by atoms with Gasteiger partial charge in [-0.15, -0.1) is 0 Å². The van der Waals surface area contributed by atoms with Crippen LogP contribution in [0.3, 0.4) is 0 Å². The fourth-order valence-electron chi connectivity index (χ4n) is 4.74. The first-order valence-electron chi connectivity index (χ1n) is 10.1. The first-order valence-corrected chi connectivity index (χ1v) is 10.1. The number of carbonyl (C=O) groups excluding carboxylic acids is 2. The van der Waals surface area contributed by atoms with E-state index in [1.807, 2.05) is 0 Å². The van der Waals surface area contributed by atoms with E-state index in [9.17, 15) is 9.59 Å². The molecule has 1 aliphatic carbocycles. The van der Waals surface area contributed by atoms with Gasteiger partial charge in [-0.1, -0.05) is 13.3 Å². The minimum absolute atomic E-state index is 0.117. The van der Waals surface area contributed by atoms with Crippen LogP contribution in [0.4, 0.5) is 0 Å². The molecule has 2 aliphatic heterocycles. The number of hydroxylamine groups is 1. The molecule has 6 atom stereocenters. The number of esters is 1. The molecule has 3 rings (SSSR count). The maximum atomic E-state index is 12.8. The molecule has 1 saturated carbocycles. The lowest BCUT2D eigenvalue weighted by Crippen LogP contribution is -2.57. The zero-order chi connectivity index (χ0) is 18.5. The fraction of sp³-hybridized carbons (Fsp3) is 0.895. The maximum absolute atomic E-state index is 12.8. The molecule has 0 aromatic carbocycles. The third kappa shape index (κ3) is 4.75. The molecule has 3 aliphatic rings. The molecule has 6 unspecified atom stereocenters. The summed E-state index contributed by atoms with van der Waals surface area (Å²) in [6.45, 7) is 4.05. The number of hydrogen-bond donors (Lipinski definition) is 3. The Hall–Kier alpha value is -1.18. The standard InChI is InChI=1S/C19H33N3O4/c1-12-5-3-6-13-9-16(26-22-18(12)13)19(24)21-15(10-17(23)25-2)14-7-4-8-20-11-14/h12-16,18,20,22H,3-11H2,1-2H3,(H,21,24). The zero-order valence-corrected chi connectivity index (χ0v) is 16.0. The molecule has 0 aromatic heterocycles. The smallest absolute Gasteiger partial charge is 0.307 e. The molecule has 148 valence electrons. The van der Waals surface area contributed by atoms with Crippen LogP contribution >= 0.6 is 0 Å². The Labute approximate surface area is 155 Å². The van der Waals surface area contributed by atoms with Crippen LogP contribution in [0.25, 0.3) is 0 Å². The van der Waals surface area contributed by atoms with E-state index in [-0.39, 0.29) is 30.3 Å². The second-order valence-corrected chi connectivity index (χ2v) is 8.16. The molecule has 0 spiro atoms. The summed E-state index contributed by atoms with van der Waals surface area (Å²) in [5.74, 6) is 0.904. The Morgan fingerprint density at radius 2 is 2.12 bits per heavy atom. The van der Waals surface area contributed by atoms with Crippen molar-refractivity contribution in [2.24, 2.45) is 17.8 Å². The van der Waals surface area contributed by atoms with E-state index in [0.717, 1.165) is 38.8 Å². The number of ether oxygens (including phenoxy) is 1. The summed E-state index contributed by atoms with van der Waals surface area (Å²) >= 11 is 0. The summed E-state index contributed by atoms with van der Waals surface area (Å²) in [7, 11) is 1.39. The molecular formula is C19H33N3O4. The van der Waals surface area contributed by atoms with Crippen molar-refractivity contribution in [3.63, 3.8) is 0 Å². The lowest BCUT2D eigenvalue weighted by Gasteiger charge is -2.42. The maximum Gasteiger partial charge on any atom is 0.307 e. The molecule has 2 heterocycles. The SMILES string of the molecule is COC(=O)CC(NC(=O)C1CC2CCCC(C)C2NO1)C1CCCNC1. The highest BCUT2D eigenvalue weighted by molar-refractivity contribution is 5.82. The molecule has 3 fully saturated rings. The van der Waals surface area contributed by atoms with E-state index >= 15 is 0 Å². The van der Waals surface area contributed by atoms with E-state index < -0.39 is 6.10 Å². The second kappa shape index (κ2) is 9.15. The van der Waals surface area contributed by atoms with Gasteiger partial charge in [0.2, 0.25) is 0 Å². The Balaban J connectivity index is 1.58. The Morgan fingerprint density at radius 3 is 2.85 bits per heavy atom. The van der Waals surface area contributed by atoms with E-state index in [4.69, 9.17) is 9.57 Å². The van der Waals surface area contributed by atoms with Gasteiger partial charge in [0.05, 0.1) is 13.5 Å². The minimum Gasteiger partial charge on any atom is -0.469 e. The van der Waals surface area contributed by atoms with Crippen molar-refractivity contribution in [1.82, 2.24) is 16.1 Å². The molecule has 3 N–H and O–H groups in total. The van der Waals surface area contributed by atoms with Gasteiger partial charge in [0.1, 0.15) is 0 Å². The number of methoxy groups -OCH3 is 1. The van der Waals surface area contributed by atoms with Gasteiger partial charge in [0.15, 0.2) is 6.10 Å². The summed E-state index contributed by atoms with van der Waals surface area (Å²) in [5.41, 5.74) is 3.14. The number of nitrogens with one attached hydrogen (secondary N) is 3. The Bertz CT molecular complexity index is 495. The lowest BCUT2D eigenvalue weighted by atomic mass is 9.75. The van der Waals surface area contributed by atoms with Crippen molar-refractivity contribution in [3.8, 4) is 0 Å². The van der Waals surface area contributed by atoms with Crippen LogP contribution in [0, 0.1) is 17.8 Å². The number of amides is 1. The van der Waals surface area contributed by atoms with Crippen LogP contribution in [-0.2, 0) is 19.2 Å². The van der Waals surface area contributed by atoms with Crippen LogP contribution in [0.5, 0.6) is 0 Å². The molecule has 0 radical (unpaired) electrons. The largest absolute Gasteiger partial charge is 0.469 e. The molecule has 7 nitrogen and oxygen atoms in total. The van der Waals surface area contributed by atoms with E-state index in [1.165, 1.54) is 20.0 Å². The highest BCUT2D eigenvalue weighted by Gasteiger charge is 2.40. The van der Waals surface area contributed by atoms with Crippen LogP contribution in [0.15, 0.2) is 0 Å². The molecular weight excluding hydrogens is 334 g/mol. The van der Waals surface area contributed by atoms with Crippen molar-refractivity contribution in [3.05, 3.63) is 0 Å². The van der Waals surface area contributed by atoms with Crippen molar-refractivity contribution in [2.75, 3.05) is 20.2 Å². The van der Waals surface area contributed by atoms with Crippen LogP contribution in [0.2, 0.25) is 0 Å². The van der Waals surface area contributed by atoms with Gasteiger partial charge in [-0.2, -0.15) is 5.48 Å². The number of carbonyl (C=O) groups is 2. The van der Waals surface area contributed by atoms with Gasteiger partial charge in [-0.3, -0.25) is 14.4 Å². The van der Waals surface area contributed by atoms with Crippen molar-refractivity contribution in [1.29, 1.82) is 0 Å². The number of fused-ring (bicyclic) bond motifs is 1. The van der Waals surface area contributed by atoms with E-state index in [2.05, 4.69) is 23.0 Å². The quantitative estimate of drug-likeness (QED) is 0.632. The molecule has 26 heavy (non-hydrogen) atoms. The predicted molar refractivity (Wildman–Crippen MR) is 97.1 cm³/mol. The number of hydrogen-bond acceptors (Lipinski definition) is 6. The third-order valence-corrected chi connectivity index (χ3v) is 6.36. The highest BCUT2D eigenvalue weighted by Crippen LogP contribution is 2.35. The first kappa shape index (κ1) is 19.6. The van der Waals surface area contributed by atoms with Gasteiger partial charge in [-0.05, 0) is 62.9 Å². The van der Waals surface area contributed by atoms with Crippen LogP contribution in [0.1, 0.15) is 51.9 Å². The Kier molecular flexibility index (Phi) is 6.89. The van der Waals surface area contributed by atoms with Gasteiger partial charge < -0.3 is 15.4 Å².